The van der Waals surface area contributed by atoms with Crippen molar-refractivity contribution in [1.82, 2.24) is 9.80 Å². The van der Waals surface area contributed by atoms with Gasteiger partial charge >= 0.3 is 0 Å². The van der Waals surface area contributed by atoms with E-state index >= 15 is 0 Å². The van der Waals surface area contributed by atoms with E-state index in [9.17, 15) is 9.18 Å². The summed E-state index contributed by atoms with van der Waals surface area (Å²) in [6.07, 6.45) is 0. The SMILES string of the molecule is COc1ccc(C(=O)N2CCN(CCOc3ccccc3F)CC2)cc1. The van der Waals surface area contributed by atoms with Crippen molar-refractivity contribution in [2.45, 2.75) is 0 Å². The Balaban J connectivity index is 1.43. The van der Waals surface area contributed by atoms with Crippen LogP contribution in [0.2, 0.25) is 0 Å². The number of para-hydroxylation sites is 1. The molecule has 138 valence electrons. The standard InChI is InChI=1S/C20H23FN2O3/c1-25-17-8-6-16(7-9-17)20(24)23-12-10-22(11-13-23)14-15-26-19-5-3-2-4-18(19)21/h2-9H,10-15H2,1H3. The molecule has 0 radical (unpaired) electrons. The van der Waals surface area contributed by atoms with Gasteiger partial charge in [0.15, 0.2) is 11.6 Å². The molecule has 2 aromatic rings. The molecule has 1 heterocycles. The van der Waals surface area contributed by atoms with Crippen LogP contribution in [-0.4, -0.2) is 62.1 Å². The van der Waals surface area contributed by atoms with Crippen LogP contribution in [0.1, 0.15) is 10.4 Å². The van der Waals surface area contributed by atoms with Gasteiger partial charge in [-0.05, 0) is 36.4 Å². The minimum atomic E-state index is -0.345. The topological polar surface area (TPSA) is 42.0 Å². The smallest absolute Gasteiger partial charge is 0.253 e. The van der Waals surface area contributed by atoms with Crippen LogP contribution in [0.4, 0.5) is 4.39 Å². The maximum atomic E-state index is 13.5. The lowest BCUT2D eigenvalue weighted by Crippen LogP contribution is -2.49. The zero-order valence-corrected chi connectivity index (χ0v) is 14.9. The van der Waals surface area contributed by atoms with E-state index in [4.69, 9.17) is 9.47 Å². The van der Waals surface area contributed by atoms with E-state index in [1.807, 2.05) is 4.90 Å². The number of carbonyl (C=O) groups excluding carboxylic acids is 1. The molecule has 5 nitrogen and oxygen atoms in total. The van der Waals surface area contributed by atoms with Crippen LogP contribution in [0.5, 0.6) is 11.5 Å². The van der Waals surface area contributed by atoms with E-state index in [0.717, 1.165) is 18.8 Å². The predicted molar refractivity (Wildman–Crippen MR) is 97.2 cm³/mol. The summed E-state index contributed by atoms with van der Waals surface area (Å²) >= 11 is 0. The number of amides is 1. The monoisotopic (exact) mass is 358 g/mol. The van der Waals surface area contributed by atoms with Gasteiger partial charge in [0.2, 0.25) is 0 Å². The van der Waals surface area contributed by atoms with E-state index in [2.05, 4.69) is 4.90 Å². The van der Waals surface area contributed by atoms with Crippen LogP contribution in [0.25, 0.3) is 0 Å². The number of benzene rings is 2. The molecule has 6 heteroatoms. The summed E-state index contributed by atoms with van der Waals surface area (Å²) in [5, 5.41) is 0. The highest BCUT2D eigenvalue weighted by molar-refractivity contribution is 5.94. The Morgan fingerprint density at radius 1 is 1.04 bits per heavy atom. The number of rotatable bonds is 6. The first-order valence-corrected chi connectivity index (χ1v) is 8.70. The lowest BCUT2D eigenvalue weighted by Gasteiger charge is -2.34. The lowest BCUT2D eigenvalue weighted by atomic mass is 10.1. The number of ether oxygens (including phenoxy) is 2. The molecule has 26 heavy (non-hydrogen) atoms. The highest BCUT2D eigenvalue weighted by atomic mass is 19.1. The van der Waals surface area contributed by atoms with Crippen molar-refractivity contribution in [1.29, 1.82) is 0 Å². The van der Waals surface area contributed by atoms with Gasteiger partial charge < -0.3 is 14.4 Å². The number of halogens is 1. The van der Waals surface area contributed by atoms with E-state index < -0.39 is 0 Å². The van der Waals surface area contributed by atoms with Crippen molar-refractivity contribution < 1.29 is 18.7 Å². The van der Waals surface area contributed by atoms with Gasteiger partial charge in [-0.3, -0.25) is 9.69 Å². The van der Waals surface area contributed by atoms with Crippen molar-refractivity contribution in [2.24, 2.45) is 0 Å². The third kappa shape index (κ3) is 4.52. The Kier molecular flexibility index (Phi) is 6.07. The second-order valence-corrected chi connectivity index (χ2v) is 6.14. The molecule has 1 amide bonds. The summed E-state index contributed by atoms with van der Waals surface area (Å²) in [6.45, 7) is 4.03. The third-order valence-electron chi connectivity index (χ3n) is 4.50. The quantitative estimate of drug-likeness (QED) is 0.796. The molecule has 2 aromatic carbocycles. The van der Waals surface area contributed by atoms with Crippen LogP contribution in [0.15, 0.2) is 48.5 Å². The molecule has 0 saturated carbocycles. The number of hydrogen-bond donors (Lipinski definition) is 0. The highest BCUT2D eigenvalue weighted by Gasteiger charge is 2.22. The molecule has 0 unspecified atom stereocenters. The highest BCUT2D eigenvalue weighted by Crippen LogP contribution is 2.16. The minimum Gasteiger partial charge on any atom is -0.497 e. The summed E-state index contributed by atoms with van der Waals surface area (Å²) in [4.78, 5) is 16.6. The molecule has 0 N–H and O–H groups in total. The zero-order valence-electron chi connectivity index (χ0n) is 14.9. The van der Waals surface area contributed by atoms with Gasteiger partial charge in [0.1, 0.15) is 12.4 Å². The minimum absolute atomic E-state index is 0.0370. The van der Waals surface area contributed by atoms with Crippen molar-refractivity contribution in [2.75, 3.05) is 46.4 Å². The first-order chi connectivity index (χ1) is 12.7. The van der Waals surface area contributed by atoms with Crippen molar-refractivity contribution >= 4 is 5.91 Å². The molecule has 1 fully saturated rings. The van der Waals surface area contributed by atoms with Crippen molar-refractivity contribution in [3.8, 4) is 11.5 Å². The van der Waals surface area contributed by atoms with Gasteiger partial charge in [-0.2, -0.15) is 0 Å². The molecule has 0 aromatic heterocycles. The Bertz CT molecular complexity index is 728. The predicted octanol–water partition coefficient (Wildman–Crippen LogP) is 2.67. The Labute approximate surface area is 152 Å². The number of piperazine rings is 1. The first-order valence-electron chi connectivity index (χ1n) is 8.70. The Hall–Kier alpha value is -2.60. The molecule has 0 aliphatic carbocycles. The largest absolute Gasteiger partial charge is 0.497 e. The van der Waals surface area contributed by atoms with Crippen LogP contribution in [0.3, 0.4) is 0 Å². The molecule has 1 aliphatic heterocycles. The number of carbonyl (C=O) groups is 1. The van der Waals surface area contributed by atoms with E-state index in [-0.39, 0.29) is 17.5 Å². The Morgan fingerprint density at radius 2 is 1.73 bits per heavy atom. The molecule has 1 aliphatic rings. The van der Waals surface area contributed by atoms with Gasteiger partial charge in [0.05, 0.1) is 7.11 Å². The zero-order chi connectivity index (χ0) is 18.4. The lowest BCUT2D eigenvalue weighted by molar-refractivity contribution is 0.0619. The molecule has 1 saturated heterocycles. The summed E-state index contributed by atoms with van der Waals surface area (Å²) in [7, 11) is 1.60. The van der Waals surface area contributed by atoms with Gasteiger partial charge in [0.25, 0.3) is 5.91 Å². The summed E-state index contributed by atoms with van der Waals surface area (Å²) < 4.78 is 24.1. The summed E-state index contributed by atoms with van der Waals surface area (Å²) in [6, 6.07) is 13.6. The fourth-order valence-corrected chi connectivity index (χ4v) is 2.94. The average Bonchev–Trinajstić information content (AvgIpc) is 2.69. The summed E-state index contributed by atoms with van der Waals surface area (Å²) in [5.41, 5.74) is 0.669. The molecular weight excluding hydrogens is 335 g/mol. The van der Waals surface area contributed by atoms with Gasteiger partial charge in [-0.15, -0.1) is 0 Å². The molecule has 0 bridgehead atoms. The van der Waals surface area contributed by atoms with Crippen molar-refractivity contribution in [3.05, 3.63) is 59.9 Å². The van der Waals surface area contributed by atoms with Crippen LogP contribution >= 0.6 is 0 Å². The average molecular weight is 358 g/mol. The van der Waals surface area contributed by atoms with Crippen molar-refractivity contribution in [3.63, 3.8) is 0 Å². The number of hydrogen-bond acceptors (Lipinski definition) is 4. The maximum Gasteiger partial charge on any atom is 0.253 e. The van der Waals surface area contributed by atoms with E-state index in [1.54, 1.807) is 49.6 Å². The van der Waals surface area contributed by atoms with E-state index in [1.165, 1.54) is 6.07 Å². The second kappa shape index (κ2) is 8.67. The summed E-state index contributed by atoms with van der Waals surface area (Å²) in [5.74, 6) is 0.708. The molecule has 0 atom stereocenters. The molecular formula is C20H23FN2O3. The van der Waals surface area contributed by atoms with Gasteiger partial charge in [0, 0.05) is 38.3 Å². The van der Waals surface area contributed by atoms with Crippen LogP contribution in [0, 0.1) is 5.82 Å². The fraction of sp³-hybridized carbons (Fsp3) is 0.350. The normalized spacial score (nSPS) is 14.9. The number of nitrogens with zero attached hydrogens (tertiary/aromatic N) is 2. The third-order valence-corrected chi connectivity index (χ3v) is 4.50. The van der Waals surface area contributed by atoms with E-state index in [0.29, 0.717) is 31.8 Å². The van der Waals surface area contributed by atoms with Crippen LogP contribution in [-0.2, 0) is 0 Å². The maximum absolute atomic E-state index is 13.5. The Morgan fingerprint density at radius 3 is 2.38 bits per heavy atom. The first kappa shape index (κ1) is 18.2. The molecule has 3 rings (SSSR count). The van der Waals surface area contributed by atoms with Crippen LogP contribution < -0.4 is 9.47 Å². The molecule has 0 spiro atoms. The fourth-order valence-electron chi connectivity index (χ4n) is 2.94. The second-order valence-electron chi connectivity index (χ2n) is 6.14. The van der Waals surface area contributed by atoms with Gasteiger partial charge in [-0.1, -0.05) is 12.1 Å². The number of methoxy groups -OCH3 is 1. The van der Waals surface area contributed by atoms with Gasteiger partial charge in [-0.25, -0.2) is 4.39 Å².